The molecular weight excluding hydrogens is 460 g/mol. The molecule has 8 nitrogen and oxygen atoms in total. The summed E-state index contributed by atoms with van der Waals surface area (Å²) in [7, 11) is 0. The predicted octanol–water partition coefficient (Wildman–Crippen LogP) is 4.78. The van der Waals surface area contributed by atoms with Crippen LogP contribution in [0.4, 0.5) is 9.93 Å². The van der Waals surface area contributed by atoms with Gasteiger partial charge in [0.25, 0.3) is 0 Å². The van der Waals surface area contributed by atoms with Crippen molar-refractivity contribution in [2.45, 2.75) is 57.6 Å². The zero-order chi connectivity index (χ0) is 20.4. The van der Waals surface area contributed by atoms with E-state index in [-0.39, 0.29) is 11.8 Å². The van der Waals surface area contributed by atoms with Crippen molar-refractivity contribution in [1.29, 1.82) is 0 Å². The molecule has 1 saturated heterocycles. The third kappa shape index (κ3) is 4.63. The van der Waals surface area contributed by atoms with Gasteiger partial charge in [-0.15, -0.1) is 10.2 Å². The first-order valence-electron chi connectivity index (χ1n) is 9.93. The van der Waals surface area contributed by atoms with E-state index in [9.17, 15) is 9.59 Å². The van der Waals surface area contributed by atoms with Gasteiger partial charge in [0.1, 0.15) is 11.3 Å². The van der Waals surface area contributed by atoms with Crippen molar-refractivity contribution in [3.63, 3.8) is 0 Å². The molecule has 0 spiro atoms. The zero-order valence-electron chi connectivity index (χ0n) is 16.2. The highest BCUT2D eigenvalue weighted by Crippen LogP contribution is 2.43. The van der Waals surface area contributed by atoms with Crippen molar-refractivity contribution in [2.24, 2.45) is 0 Å². The van der Waals surface area contributed by atoms with E-state index in [2.05, 4.69) is 33.1 Å². The van der Waals surface area contributed by atoms with Crippen LogP contribution in [0.15, 0.2) is 21.2 Å². The Morgan fingerprint density at radius 3 is 2.86 bits per heavy atom. The summed E-state index contributed by atoms with van der Waals surface area (Å²) >= 11 is 4.66. The Kier molecular flexibility index (Phi) is 6.19. The number of urea groups is 1. The van der Waals surface area contributed by atoms with Gasteiger partial charge in [-0.1, -0.05) is 37.5 Å². The Morgan fingerprint density at radius 2 is 2.17 bits per heavy atom. The van der Waals surface area contributed by atoms with Crippen LogP contribution in [0.1, 0.15) is 66.9 Å². The molecule has 2 fully saturated rings. The second-order valence-electron chi connectivity index (χ2n) is 7.35. The number of anilines is 1. The first kappa shape index (κ1) is 20.3. The van der Waals surface area contributed by atoms with E-state index in [0.29, 0.717) is 28.6 Å². The van der Waals surface area contributed by atoms with Crippen molar-refractivity contribution >= 4 is 44.4 Å². The van der Waals surface area contributed by atoms with Crippen LogP contribution >= 0.6 is 27.3 Å². The Morgan fingerprint density at radius 1 is 1.34 bits per heavy atom. The maximum absolute atomic E-state index is 13.1. The summed E-state index contributed by atoms with van der Waals surface area (Å²) in [6.45, 7) is 3.08. The lowest BCUT2D eigenvalue weighted by atomic mass is 10.2. The molecule has 0 N–H and O–H groups in total. The molecule has 156 valence electrons. The molecule has 1 aliphatic carbocycles. The number of halogens is 1. The number of hydrogen-bond donors (Lipinski definition) is 0. The topological polar surface area (TPSA) is 88.8 Å². The van der Waals surface area contributed by atoms with Crippen molar-refractivity contribution < 1.29 is 18.7 Å². The monoisotopic (exact) mass is 482 g/mol. The molecule has 1 unspecified atom stereocenters. The number of nitrogens with zero attached hydrogens (tertiary/aromatic N) is 4. The van der Waals surface area contributed by atoms with Crippen molar-refractivity contribution in [3.8, 4) is 0 Å². The normalized spacial score (nSPS) is 19.2. The minimum absolute atomic E-state index is 0.0848. The molecule has 2 aromatic rings. The van der Waals surface area contributed by atoms with Crippen LogP contribution in [0.2, 0.25) is 0 Å². The molecule has 0 aromatic carbocycles. The van der Waals surface area contributed by atoms with Crippen LogP contribution in [-0.2, 0) is 4.74 Å². The zero-order valence-corrected chi connectivity index (χ0v) is 18.6. The Hall–Kier alpha value is -1.94. The highest BCUT2D eigenvalue weighted by molar-refractivity contribution is 9.10. The van der Waals surface area contributed by atoms with Gasteiger partial charge in [0, 0.05) is 18.5 Å². The number of furan rings is 1. The minimum Gasteiger partial charge on any atom is -0.456 e. The van der Waals surface area contributed by atoms with Crippen LogP contribution in [-0.4, -0.2) is 46.4 Å². The third-order valence-electron chi connectivity index (χ3n) is 5.00. The van der Waals surface area contributed by atoms with Gasteiger partial charge in [0.15, 0.2) is 0 Å². The number of rotatable bonds is 9. The second kappa shape index (κ2) is 8.83. The van der Waals surface area contributed by atoms with Gasteiger partial charge in [-0.3, -0.25) is 0 Å². The average molecular weight is 483 g/mol. The Balaban J connectivity index is 1.50. The summed E-state index contributed by atoms with van der Waals surface area (Å²) in [5.74, 6) is -0.0783. The summed E-state index contributed by atoms with van der Waals surface area (Å²) in [6.07, 6.45) is 7.13. The van der Waals surface area contributed by atoms with Crippen LogP contribution in [0, 0.1) is 0 Å². The second-order valence-corrected chi connectivity index (χ2v) is 9.25. The Labute approximate surface area is 181 Å². The van der Waals surface area contributed by atoms with Crippen LogP contribution in [0.3, 0.4) is 0 Å². The number of esters is 1. The Bertz CT molecular complexity index is 881. The van der Waals surface area contributed by atoms with E-state index in [1.807, 2.05) is 0 Å². The lowest BCUT2D eigenvalue weighted by Crippen LogP contribution is -2.37. The lowest BCUT2D eigenvalue weighted by Gasteiger charge is -2.19. The maximum atomic E-state index is 13.1. The summed E-state index contributed by atoms with van der Waals surface area (Å²) in [6, 6.07) is 1.35. The number of unbranched alkanes of at least 4 members (excludes halogenated alkanes) is 3. The first-order chi connectivity index (χ1) is 14.1. The van der Waals surface area contributed by atoms with E-state index in [4.69, 9.17) is 9.15 Å². The first-order valence-corrected chi connectivity index (χ1v) is 11.5. The number of aromatic nitrogens is 2. The molecule has 2 aliphatic rings. The number of carbonyl (C=O) groups is 2. The van der Waals surface area contributed by atoms with Crippen LogP contribution < -0.4 is 4.90 Å². The quantitative estimate of drug-likeness (QED) is 0.377. The molecule has 0 bridgehead atoms. The summed E-state index contributed by atoms with van der Waals surface area (Å²) < 4.78 is 11.5. The van der Waals surface area contributed by atoms with Crippen molar-refractivity contribution in [1.82, 2.24) is 15.1 Å². The fourth-order valence-corrected chi connectivity index (χ4v) is 4.60. The molecule has 0 radical (unpaired) electrons. The molecule has 1 saturated carbocycles. The van der Waals surface area contributed by atoms with Gasteiger partial charge in [-0.2, -0.15) is 0 Å². The molecule has 2 amide bonds. The number of hydrogen-bond acceptors (Lipinski definition) is 7. The summed E-state index contributed by atoms with van der Waals surface area (Å²) in [5, 5.41) is 9.87. The average Bonchev–Trinajstić information content (AvgIpc) is 3.13. The number of carbonyl (C=O) groups excluding carboxylic acids is 2. The van der Waals surface area contributed by atoms with E-state index < -0.39 is 12.2 Å². The fraction of sp³-hybridized carbons (Fsp3) is 0.579. The number of ether oxygens (including phenoxy) is 1. The van der Waals surface area contributed by atoms with Crippen LogP contribution in [0.5, 0.6) is 0 Å². The molecule has 4 rings (SSSR count). The van der Waals surface area contributed by atoms with E-state index in [1.165, 1.54) is 22.5 Å². The minimum atomic E-state index is -0.759. The summed E-state index contributed by atoms with van der Waals surface area (Å²) in [5.41, 5.74) is 0. The van der Waals surface area contributed by atoms with Crippen molar-refractivity contribution in [3.05, 3.63) is 27.6 Å². The predicted molar refractivity (Wildman–Crippen MR) is 111 cm³/mol. The maximum Gasteiger partial charge on any atom is 0.376 e. The smallest absolute Gasteiger partial charge is 0.376 e. The van der Waals surface area contributed by atoms with E-state index in [1.54, 1.807) is 11.0 Å². The molecule has 29 heavy (non-hydrogen) atoms. The van der Waals surface area contributed by atoms with Gasteiger partial charge in [0.05, 0.1) is 11.0 Å². The van der Waals surface area contributed by atoms with Gasteiger partial charge < -0.3 is 14.1 Å². The van der Waals surface area contributed by atoms with Crippen LogP contribution in [0.25, 0.3) is 0 Å². The third-order valence-corrected chi connectivity index (χ3v) is 6.50. The fourth-order valence-electron chi connectivity index (χ4n) is 3.26. The SMILES string of the molecule is CCCCCCN1CC(OC(=O)c2cc(Br)co2)N(c2nnc(C3CC3)s2)C1=O. The van der Waals surface area contributed by atoms with Gasteiger partial charge in [0.2, 0.25) is 17.1 Å². The summed E-state index contributed by atoms with van der Waals surface area (Å²) in [4.78, 5) is 28.8. The van der Waals surface area contributed by atoms with E-state index in [0.717, 1.165) is 43.5 Å². The molecule has 10 heteroatoms. The van der Waals surface area contributed by atoms with Gasteiger partial charge >= 0.3 is 12.0 Å². The number of amides is 2. The largest absolute Gasteiger partial charge is 0.456 e. The molecule has 2 aromatic heterocycles. The van der Waals surface area contributed by atoms with Gasteiger partial charge in [-0.25, -0.2) is 14.5 Å². The highest BCUT2D eigenvalue weighted by atomic mass is 79.9. The highest BCUT2D eigenvalue weighted by Gasteiger charge is 2.43. The molecule has 1 atom stereocenters. The van der Waals surface area contributed by atoms with Crippen molar-refractivity contribution in [2.75, 3.05) is 18.0 Å². The molecular formula is C19H23BrN4O4S. The lowest BCUT2D eigenvalue weighted by molar-refractivity contribution is 0.0289. The molecule has 3 heterocycles. The molecule has 1 aliphatic heterocycles. The standard InChI is InChI=1S/C19H23BrN4O4S/c1-2-3-4-5-8-23-10-15(28-17(25)14-9-13(20)11-27-14)24(19(23)26)18-22-21-16(29-18)12-6-7-12/h9,11-12,15H,2-8,10H2,1H3. The van der Waals surface area contributed by atoms with Gasteiger partial charge in [-0.05, 0) is 35.2 Å². The van der Waals surface area contributed by atoms with E-state index >= 15 is 0 Å².